The Morgan fingerprint density at radius 3 is 2.59 bits per heavy atom. The number of anilines is 1. The predicted octanol–water partition coefficient (Wildman–Crippen LogP) is 3.19. The third-order valence-electron chi connectivity index (χ3n) is 3.00. The second-order valence-corrected chi connectivity index (χ2v) is 5.28. The van der Waals surface area contributed by atoms with E-state index in [0.29, 0.717) is 16.0 Å². The summed E-state index contributed by atoms with van der Waals surface area (Å²) in [4.78, 5) is 15.4. The van der Waals surface area contributed by atoms with E-state index in [0.717, 1.165) is 11.3 Å². The molecule has 2 aromatic heterocycles. The van der Waals surface area contributed by atoms with Gasteiger partial charge in [-0.3, -0.25) is 10.3 Å². The monoisotopic (exact) mass is 357 g/mol. The van der Waals surface area contributed by atoms with Crippen molar-refractivity contribution in [3.8, 4) is 16.9 Å². The fourth-order valence-electron chi connectivity index (χ4n) is 2.07. The van der Waals surface area contributed by atoms with Crippen LogP contribution in [0.2, 0.25) is 0 Å². The van der Waals surface area contributed by atoms with Gasteiger partial charge in [0.1, 0.15) is 5.69 Å². The largest absolute Gasteiger partial charge is 0.351 e. The van der Waals surface area contributed by atoms with Crippen molar-refractivity contribution in [1.82, 2.24) is 14.8 Å². The topological polar surface area (TPSA) is 85.8 Å². The first-order valence-electron chi connectivity index (χ1n) is 6.47. The highest BCUT2D eigenvalue weighted by Gasteiger charge is 2.19. The van der Waals surface area contributed by atoms with Gasteiger partial charge in [0.25, 0.3) is 0 Å². The Kier molecular flexibility index (Phi) is 3.88. The number of nitrogens with zero attached hydrogens (tertiary/aromatic N) is 3. The Morgan fingerprint density at radius 1 is 1.18 bits per heavy atom. The molecule has 7 heteroatoms. The number of pyridine rings is 1. The average molecular weight is 358 g/mol. The fourth-order valence-corrected chi connectivity index (χ4v) is 2.64. The number of nitrogens with one attached hydrogen (secondary N) is 1. The van der Waals surface area contributed by atoms with Crippen molar-refractivity contribution >= 4 is 27.8 Å². The number of para-hydroxylation sites is 1. The van der Waals surface area contributed by atoms with Crippen molar-refractivity contribution in [2.24, 2.45) is 5.73 Å². The number of aromatic nitrogens is 3. The van der Waals surface area contributed by atoms with Gasteiger partial charge in [-0.1, -0.05) is 18.2 Å². The van der Waals surface area contributed by atoms with Crippen LogP contribution >= 0.6 is 15.9 Å². The number of benzene rings is 1. The van der Waals surface area contributed by atoms with Gasteiger partial charge in [0.2, 0.25) is 0 Å². The highest BCUT2D eigenvalue weighted by atomic mass is 79.9. The van der Waals surface area contributed by atoms with Crippen molar-refractivity contribution in [3.05, 3.63) is 59.3 Å². The van der Waals surface area contributed by atoms with Gasteiger partial charge in [-0.25, -0.2) is 9.48 Å². The van der Waals surface area contributed by atoms with E-state index in [1.54, 1.807) is 17.1 Å². The second kappa shape index (κ2) is 5.98. The van der Waals surface area contributed by atoms with Crippen LogP contribution in [0.5, 0.6) is 0 Å². The maximum Gasteiger partial charge on any atom is 0.317 e. The van der Waals surface area contributed by atoms with Crippen molar-refractivity contribution in [2.45, 2.75) is 0 Å². The van der Waals surface area contributed by atoms with E-state index in [-0.39, 0.29) is 0 Å². The van der Waals surface area contributed by atoms with Crippen molar-refractivity contribution in [2.75, 3.05) is 5.32 Å². The highest BCUT2D eigenvalue weighted by molar-refractivity contribution is 9.10. The van der Waals surface area contributed by atoms with Crippen molar-refractivity contribution in [3.63, 3.8) is 0 Å². The fraction of sp³-hybridized carbons (Fsp3) is 0. The lowest BCUT2D eigenvalue weighted by Gasteiger charge is -2.07. The summed E-state index contributed by atoms with van der Waals surface area (Å²) >= 11 is 3.48. The number of rotatable bonds is 3. The normalized spacial score (nSPS) is 10.4. The van der Waals surface area contributed by atoms with Crippen LogP contribution in [-0.4, -0.2) is 20.8 Å². The molecular weight excluding hydrogens is 346 g/mol. The molecule has 0 aliphatic heterocycles. The second-order valence-electron chi connectivity index (χ2n) is 4.49. The summed E-state index contributed by atoms with van der Waals surface area (Å²) in [6, 6.07) is 12.5. The van der Waals surface area contributed by atoms with Crippen LogP contribution < -0.4 is 11.1 Å². The molecule has 0 bridgehead atoms. The number of hydrogen-bond acceptors (Lipinski definition) is 3. The van der Waals surface area contributed by atoms with Gasteiger partial charge in [-0.2, -0.15) is 5.10 Å². The molecule has 0 fully saturated rings. The molecule has 3 N–H and O–H groups in total. The number of carbonyl (C=O) groups is 1. The van der Waals surface area contributed by atoms with E-state index < -0.39 is 6.03 Å². The van der Waals surface area contributed by atoms with E-state index in [1.807, 2.05) is 42.5 Å². The third-order valence-corrected chi connectivity index (χ3v) is 3.76. The molecule has 0 saturated carbocycles. The summed E-state index contributed by atoms with van der Waals surface area (Å²) in [5.74, 6) is 0.470. The first-order chi connectivity index (χ1) is 10.7. The minimum Gasteiger partial charge on any atom is -0.351 e. The molecule has 0 spiro atoms. The molecule has 110 valence electrons. The molecule has 2 amide bonds. The number of carbonyl (C=O) groups excluding carboxylic acids is 1. The zero-order chi connectivity index (χ0) is 15.5. The molecule has 0 saturated heterocycles. The van der Waals surface area contributed by atoms with Gasteiger partial charge < -0.3 is 5.73 Å². The van der Waals surface area contributed by atoms with Crippen molar-refractivity contribution in [1.29, 1.82) is 0 Å². The number of nitrogens with two attached hydrogens (primary N) is 1. The molecule has 6 nitrogen and oxygen atoms in total. The lowest BCUT2D eigenvalue weighted by atomic mass is 10.2. The van der Waals surface area contributed by atoms with Gasteiger partial charge in [0, 0.05) is 18.0 Å². The minimum atomic E-state index is -0.657. The number of urea groups is 1. The van der Waals surface area contributed by atoms with Crippen LogP contribution in [0.1, 0.15) is 0 Å². The zero-order valence-corrected chi connectivity index (χ0v) is 13.0. The van der Waals surface area contributed by atoms with Gasteiger partial charge >= 0.3 is 6.03 Å². The number of primary amides is 1. The molecule has 22 heavy (non-hydrogen) atoms. The van der Waals surface area contributed by atoms with Crippen LogP contribution in [-0.2, 0) is 0 Å². The Morgan fingerprint density at radius 2 is 1.95 bits per heavy atom. The molecule has 3 rings (SSSR count). The average Bonchev–Trinajstić information content (AvgIpc) is 2.86. The maximum absolute atomic E-state index is 11.3. The SMILES string of the molecule is NC(=O)Nc1c(Br)c(-c2cccnc2)nn1-c1ccccc1. The molecule has 2 heterocycles. The third kappa shape index (κ3) is 2.71. The van der Waals surface area contributed by atoms with E-state index in [9.17, 15) is 4.79 Å². The summed E-state index contributed by atoms with van der Waals surface area (Å²) < 4.78 is 2.26. The molecule has 3 aromatic rings. The van der Waals surface area contributed by atoms with E-state index in [2.05, 4.69) is 31.3 Å². The summed E-state index contributed by atoms with van der Waals surface area (Å²) in [5, 5.41) is 7.17. The van der Waals surface area contributed by atoms with Crippen LogP contribution in [0.4, 0.5) is 10.6 Å². The van der Waals surface area contributed by atoms with Crippen LogP contribution in [0, 0.1) is 0 Å². The molecule has 0 radical (unpaired) electrons. The molecule has 0 unspecified atom stereocenters. The molecule has 0 aliphatic carbocycles. The first kappa shape index (κ1) is 14.3. The summed E-state index contributed by atoms with van der Waals surface area (Å²) in [6.45, 7) is 0. The Bertz CT molecular complexity index is 802. The minimum absolute atomic E-state index is 0.470. The van der Waals surface area contributed by atoms with Crippen LogP contribution in [0.25, 0.3) is 16.9 Å². The lowest BCUT2D eigenvalue weighted by Crippen LogP contribution is -2.21. The first-order valence-corrected chi connectivity index (χ1v) is 7.27. The Hall–Kier alpha value is -2.67. The van der Waals surface area contributed by atoms with E-state index in [1.165, 1.54) is 0 Å². The Balaban J connectivity index is 2.19. The van der Waals surface area contributed by atoms with Gasteiger partial charge in [-0.15, -0.1) is 0 Å². The van der Waals surface area contributed by atoms with E-state index in [4.69, 9.17) is 5.73 Å². The summed E-state index contributed by atoms with van der Waals surface area (Å²) in [7, 11) is 0. The predicted molar refractivity (Wildman–Crippen MR) is 87.7 cm³/mol. The number of amides is 2. The van der Waals surface area contributed by atoms with Crippen LogP contribution in [0.15, 0.2) is 59.3 Å². The van der Waals surface area contributed by atoms with E-state index >= 15 is 0 Å². The smallest absolute Gasteiger partial charge is 0.317 e. The van der Waals surface area contributed by atoms with Gasteiger partial charge in [-0.05, 0) is 40.2 Å². The number of halogens is 1. The quantitative estimate of drug-likeness (QED) is 0.754. The van der Waals surface area contributed by atoms with Crippen LogP contribution in [0.3, 0.4) is 0 Å². The van der Waals surface area contributed by atoms with Gasteiger partial charge in [0.05, 0.1) is 10.2 Å². The molecule has 0 aliphatic rings. The molecule has 1 aromatic carbocycles. The summed E-state index contributed by atoms with van der Waals surface area (Å²) in [5.41, 5.74) is 7.57. The zero-order valence-electron chi connectivity index (χ0n) is 11.4. The van der Waals surface area contributed by atoms with Crippen molar-refractivity contribution < 1.29 is 4.79 Å². The maximum atomic E-state index is 11.3. The Labute approximate surface area is 135 Å². The standard InChI is InChI=1S/C15H12BrN5O/c16-12-13(10-5-4-8-18-9-10)20-21(14(12)19-15(17)22)11-6-2-1-3-7-11/h1-9H,(H3,17,19,22). The summed E-state index contributed by atoms with van der Waals surface area (Å²) in [6.07, 6.45) is 3.39. The highest BCUT2D eigenvalue weighted by Crippen LogP contribution is 2.35. The number of hydrogen-bond donors (Lipinski definition) is 2. The lowest BCUT2D eigenvalue weighted by molar-refractivity contribution is 0.259. The molecule has 0 atom stereocenters. The van der Waals surface area contributed by atoms with Gasteiger partial charge in [0.15, 0.2) is 5.82 Å². The molecular formula is C15H12BrN5O.